The first-order chi connectivity index (χ1) is 5.89. The molecule has 5 heteroatoms. The van der Waals surface area contributed by atoms with Gasteiger partial charge in [0, 0.05) is 18.4 Å². The molecular weight excluding hydrogens is 208 g/mol. The van der Waals surface area contributed by atoms with Crippen molar-refractivity contribution in [2.45, 2.75) is 36.7 Å². The van der Waals surface area contributed by atoms with Crippen LogP contribution in [0.25, 0.3) is 0 Å². The Morgan fingerprint density at radius 3 is 2.38 bits per heavy atom. The van der Waals surface area contributed by atoms with Crippen molar-refractivity contribution in [1.82, 2.24) is 0 Å². The summed E-state index contributed by atoms with van der Waals surface area (Å²) < 4.78 is 22.3. The third kappa shape index (κ3) is 3.31. The Balaban J connectivity index is 2.50. The van der Waals surface area contributed by atoms with Gasteiger partial charge >= 0.3 is 0 Å². The Hall–Kier alpha value is -0.0300. The highest BCUT2D eigenvalue weighted by atomic mass is 32.2. The first kappa shape index (κ1) is 11.0. The summed E-state index contributed by atoms with van der Waals surface area (Å²) >= 11 is 1.28. The van der Waals surface area contributed by atoms with E-state index in [0.29, 0.717) is 12.8 Å². The lowest BCUT2D eigenvalue weighted by atomic mass is 10.4. The van der Waals surface area contributed by atoms with Crippen molar-refractivity contribution < 1.29 is 13.2 Å². The number of carbonyl (C=O) groups excluding carboxylic acids is 1. The third-order valence-electron chi connectivity index (χ3n) is 2.27. The van der Waals surface area contributed by atoms with Gasteiger partial charge in [-0.1, -0.05) is 11.8 Å². The summed E-state index contributed by atoms with van der Waals surface area (Å²) in [6.45, 7) is 1.53. The summed E-state index contributed by atoms with van der Waals surface area (Å²) in [6, 6.07) is 0. The second-order valence-electron chi connectivity index (χ2n) is 3.50. The minimum Gasteiger partial charge on any atom is -0.288 e. The van der Waals surface area contributed by atoms with Gasteiger partial charge in [-0.05, 0) is 19.3 Å². The van der Waals surface area contributed by atoms with Gasteiger partial charge in [0.05, 0.1) is 5.25 Å². The van der Waals surface area contributed by atoms with Crippen LogP contribution in [0, 0.1) is 0 Å². The molecule has 76 valence electrons. The van der Waals surface area contributed by atoms with Crippen molar-refractivity contribution in [2.75, 3.05) is 6.26 Å². The van der Waals surface area contributed by atoms with Crippen molar-refractivity contribution in [1.29, 1.82) is 0 Å². The average Bonchev–Trinajstić information content (AvgIpc) is 2.32. The van der Waals surface area contributed by atoms with Gasteiger partial charge in [-0.3, -0.25) is 4.79 Å². The largest absolute Gasteiger partial charge is 0.288 e. The SMILES string of the molecule is CC(=O)SC1CCC(S(C)(=O)=O)C1. The number of hydrogen-bond donors (Lipinski definition) is 0. The molecule has 0 heterocycles. The van der Waals surface area contributed by atoms with Gasteiger partial charge in [-0.25, -0.2) is 8.42 Å². The van der Waals surface area contributed by atoms with E-state index < -0.39 is 9.84 Å². The predicted molar refractivity (Wildman–Crippen MR) is 54.5 cm³/mol. The van der Waals surface area contributed by atoms with Crippen molar-refractivity contribution in [3.8, 4) is 0 Å². The van der Waals surface area contributed by atoms with Crippen LogP contribution in [-0.4, -0.2) is 30.3 Å². The molecule has 0 aliphatic heterocycles. The highest BCUT2D eigenvalue weighted by Gasteiger charge is 2.32. The van der Waals surface area contributed by atoms with Crippen molar-refractivity contribution in [2.24, 2.45) is 0 Å². The number of hydrogen-bond acceptors (Lipinski definition) is 4. The van der Waals surface area contributed by atoms with Crippen LogP contribution in [0.15, 0.2) is 0 Å². The minimum absolute atomic E-state index is 0.0825. The second kappa shape index (κ2) is 4.00. The Bertz CT molecular complexity index is 295. The number of rotatable bonds is 2. The monoisotopic (exact) mass is 222 g/mol. The molecular formula is C8H14O3S2. The standard InChI is InChI=1S/C8H14O3S2/c1-6(9)12-7-3-4-8(5-7)13(2,10)11/h7-8H,3-5H2,1-2H3. The molecule has 0 saturated heterocycles. The van der Waals surface area contributed by atoms with Crippen LogP contribution < -0.4 is 0 Å². The van der Waals surface area contributed by atoms with E-state index >= 15 is 0 Å². The van der Waals surface area contributed by atoms with E-state index in [1.807, 2.05) is 0 Å². The van der Waals surface area contributed by atoms with Gasteiger partial charge in [0.15, 0.2) is 5.12 Å². The molecule has 0 N–H and O–H groups in total. The van der Waals surface area contributed by atoms with Crippen LogP contribution in [0.2, 0.25) is 0 Å². The predicted octanol–water partition coefficient (Wildman–Crippen LogP) is 1.23. The van der Waals surface area contributed by atoms with Gasteiger partial charge in [0.2, 0.25) is 0 Å². The molecule has 2 atom stereocenters. The van der Waals surface area contributed by atoms with E-state index in [1.165, 1.54) is 24.9 Å². The molecule has 3 nitrogen and oxygen atoms in total. The maximum absolute atomic E-state index is 11.2. The molecule has 0 radical (unpaired) electrons. The minimum atomic E-state index is -2.90. The summed E-state index contributed by atoms with van der Waals surface area (Å²) in [7, 11) is -2.90. The molecule has 1 fully saturated rings. The van der Waals surface area contributed by atoms with Crippen molar-refractivity contribution in [3.63, 3.8) is 0 Å². The normalized spacial score (nSPS) is 29.1. The summed E-state index contributed by atoms with van der Waals surface area (Å²) in [5, 5.41) is 0.0840. The van der Waals surface area contributed by atoms with Crippen LogP contribution in [0.4, 0.5) is 0 Å². The zero-order valence-electron chi connectivity index (χ0n) is 7.82. The molecule has 0 bridgehead atoms. The van der Waals surface area contributed by atoms with Gasteiger partial charge in [-0.2, -0.15) is 0 Å². The van der Waals surface area contributed by atoms with Crippen molar-refractivity contribution in [3.05, 3.63) is 0 Å². The van der Waals surface area contributed by atoms with E-state index in [2.05, 4.69) is 0 Å². The summed E-state index contributed by atoms with van der Waals surface area (Å²) in [5.74, 6) is 0. The average molecular weight is 222 g/mol. The van der Waals surface area contributed by atoms with E-state index in [9.17, 15) is 13.2 Å². The second-order valence-corrected chi connectivity index (χ2v) is 7.30. The van der Waals surface area contributed by atoms with Crippen LogP contribution in [0.1, 0.15) is 26.2 Å². The van der Waals surface area contributed by atoms with Gasteiger partial charge < -0.3 is 0 Å². The van der Waals surface area contributed by atoms with Crippen LogP contribution in [0.3, 0.4) is 0 Å². The van der Waals surface area contributed by atoms with E-state index in [-0.39, 0.29) is 15.6 Å². The summed E-state index contributed by atoms with van der Waals surface area (Å²) in [5.41, 5.74) is 0. The lowest BCUT2D eigenvalue weighted by Gasteiger charge is -2.07. The van der Waals surface area contributed by atoms with Crippen LogP contribution in [0.5, 0.6) is 0 Å². The molecule has 1 rings (SSSR count). The van der Waals surface area contributed by atoms with Crippen molar-refractivity contribution >= 4 is 26.7 Å². The molecule has 0 amide bonds. The Kier molecular flexibility index (Phi) is 3.40. The number of carbonyl (C=O) groups is 1. The molecule has 0 aromatic heterocycles. The summed E-state index contributed by atoms with van der Waals surface area (Å²) in [6.07, 6.45) is 3.48. The summed E-state index contributed by atoms with van der Waals surface area (Å²) in [4.78, 5) is 10.8. The number of sulfone groups is 1. The number of thioether (sulfide) groups is 1. The smallest absolute Gasteiger partial charge is 0.186 e. The van der Waals surface area contributed by atoms with E-state index in [0.717, 1.165) is 6.42 Å². The fourth-order valence-electron chi connectivity index (χ4n) is 1.63. The highest BCUT2D eigenvalue weighted by Crippen LogP contribution is 2.33. The molecule has 0 aromatic rings. The van der Waals surface area contributed by atoms with Crippen LogP contribution in [-0.2, 0) is 14.6 Å². The lowest BCUT2D eigenvalue weighted by molar-refractivity contribution is -0.109. The fraction of sp³-hybridized carbons (Fsp3) is 0.875. The quantitative estimate of drug-likeness (QED) is 0.705. The zero-order valence-corrected chi connectivity index (χ0v) is 9.45. The molecule has 0 aromatic carbocycles. The maximum atomic E-state index is 11.2. The molecule has 1 aliphatic carbocycles. The third-order valence-corrected chi connectivity index (χ3v) is 5.01. The molecule has 1 saturated carbocycles. The molecule has 0 spiro atoms. The molecule has 1 aliphatic rings. The molecule has 13 heavy (non-hydrogen) atoms. The lowest BCUT2D eigenvalue weighted by Crippen LogP contribution is -2.16. The van der Waals surface area contributed by atoms with Gasteiger partial charge in [-0.15, -0.1) is 0 Å². The first-order valence-electron chi connectivity index (χ1n) is 4.25. The topological polar surface area (TPSA) is 51.2 Å². The fourth-order valence-corrected chi connectivity index (χ4v) is 3.95. The Labute approximate surface area is 83.2 Å². The highest BCUT2D eigenvalue weighted by molar-refractivity contribution is 8.14. The molecule has 2 unspecified atom stereocenters. The Morgan fingerprint density at radius 1 is 1.38 bits per heavy atom. The Morgan fingerprint density at radius 2 is 2.00 bits per heavy atom. The first-order valence-corrected chi connectivity index (χ1v) is 7.09. The zero-order chi connectivity index (χ0) is 10.1. The van der Waals surface area contributed by atoms with E-state index in [1.54, 1.807) is 0 Å². The van der Waals surface area contributed by atoms with Gasteiger partial charge in [0.25, 0.3) is 0 Å². The van der Waals surface area contributed by atoms with E-state index in [4.69, 9.17) is 0 Å². The van der Waals surface area contributed by atoms with Crippen LogP contribution >= 0.6 is 11.8 Å². The maximum Gasteiger partial charge on any atom is 0.186 e. The van der Waals surface area contributed by atoms with Gasteiger partial charge in [0.1, 0.15) is 9.84 Å².